The lowest BCUT2D eigenvalue weighted by Crippen LogP contribution is -2.32. The van der Waals surface area contributed by atoms with E-state index in [9.17, 15) is 4.79 Å². The van der Waals surface area contributed by atoms with Crippen molar-refractivity contribution < 1.29 is 4.79 Å². The predicted molar refractivity (Wildman–Crippen MR) is 51.9 cm³/mol. The third kappa shape index (κ3) is 1.44. The quantitative estimate of drug-likeness (QED) is 0.643. The molecular weight excluding hydrogens is 180 g/mol. The molecule has 0 saturated carbocycles. The van der Waals surface area contributed by atoms with Gasteiger partial charge < -0.3 is 10.3 Å². The highest BCUT2D eigenvalue weighted by Crippen LogP contribution is 2.12. The Kier molecular flexibility index (Phi) is 2.35. The number of ketones is 1. The van der Waals surface area contributed by atoms with Crippen LogP contribution in [-0.4, -0.2) is 40.4 Å². The van der Waals surface area contributed by atoms with Crippen LogP contribution >= 0.6 is 0 Å². The molecule has 0 amide bonds. The normalized spacial score (nSPS) is 16.7. The number of hydrogen-bond acceptors (Lipinski definition) is 4. The maximum atomic E-state index is 11.4. The lowest BCUT2D eigenvalue weighted by atomic mass is 10.3. The highest BCUT2D eigenvalue weighted by Gasteiger charge is 2.19. The second kappa shape index (κ2) is 3.51. The van der Waals surface area contributed by atoms with E-state index >= 15 is 0 Å². The van der Waals surface area contributed by atoms with Gasteiger partial charge in [0, 0.05) is 13.1 Å². The summed E-state index contributed by atoms with van der Waals surface area (Å²) >= 11 is 0. The summed E-state index contributed by atoms with van der Waals surface area (Å²) < 4.78 is 1.97. The van der Waals surface area contributed by atoms with Crippen LogP contribution in [0.25, 0.3) is 0 Å². The highest BCUT2D eigenvalue weighted by molar-refractivity contribution is 5.95. The van der Waals surface area contributed by atoms with Gasteiger partial charge in [-0.3, -0.25) is 9.69 Å². The van der Waals surface area contributed by atoms with Crippen molar-refractivity contribution in [2.75, 3.05) is 20.1 Å². The zero-order chi connectivity index (χ0) is 10.1. The predicted octanol–water partition coefficient (Wildman–Crippen LogP) is -0.530. The molecular formula is C9H14N4O. The summed E-state index contributed by atoms with van der Waals surface area (Å²) in [6.45, 7) is 2.64. The molecule has 1 aliphatic rings. The number of nitrogens with zero attached hydrogens (tertiary/aromatic N) is 3. The summed E-state index contributed by atoms with van der Waals surface area (Å²) in [7, 11) is 2.04. The van der Waals surface area contributed by atoms with Gasteiger partial charge in [0.1, 0.15) is 11.5 Å². The average Bonchev–Trinajstić information content (AvgIpc) is 2.59. The number of aromatic nitrogens is 2. The average molecular weight is 194 g/mol. The third-order valence-corrected chi connectivity index (χ3v) is 2.53. The van der Waals surface area contributed by atoms with Crippen molar-refractivity contribution >= 4 is 5.78 Å². The van der Waals surface area contributed by atoms with Crippen molar-refractivity contribution in [3.05, 3.63) is 17.7 Å². The largest absolute Gasteiger partial charge is 0.324 e. The van der Waals surface area contributed by atoms with Gasteiger partial charge in [0.25, 0.3) is 0 Å². The molecule has 2 heterocycles. The number of fused-ring (bicyclic) bond motifs is 1. The van der Waals surface area contributed by atoms with E-state index in [0.29, 0.717) is 5.69 Å². The molecule has 2 rings (SSSR count). The first kappa shape index (κ1) is 9.36. The standard InChI is InChI=1S/C9H14N4O/c1-12-2-3-13-7(8(14)4-10)5-11-9(13)6-12/h5H,2-4,6,10H2,1H3. The first-order chi connectivity index (χ1) is 6.72. The highest BCUT2D eigenvalue weighted by atomic mass is 16.1. The van der Waals surface area contributed by atoms with Crippen LogP contribution in [-0.2, 0) is 13.1 Å². The second-order valence-corrected chi connectivity index (χ2v) is 3.58. The Balaban J connectivity index is 2.33. The fraction of sp³-hybridized carbons (Fsp3) is 0.556. The molecule has 5 heteroatoms. The van der Waals surface area contributed by atoms with Crippen LogP contribution in [0.1, 0.15) is 16.3 Å². The Hall–Kier alpha value is -1.20. The molecule has 0 atom stereocenters. The minimum atomic E-state index is -0.0340. The van der Waals surface area contributed by atoms with Crippen molar-refractivity contribution in [3.63, 3.8) is 0 Å². The maximum absolute atomic E-state index is 11.4. The molecule has 0 radical (unpaired) electrons. The lowest BCUT2D eigenvalue weighted by molar-refractivity contribution is 0.0989. The van der Waals surface area contributed by atoms with E-state index in [0.717, 1.165) is 25.5 Å². The van der Waals surface area contributed by atoms with Gasteiger partial charge in [0.2, 0.25) is 0 Å². The van der Waals surface area contributed by atoms with Crippen LogP contribution in [0.3, 0.4) is 0 Å². The zero-order valence-electron chi connectivity index (χ0n) is 8.23. The monoisotopic (exact) mass is 194 g/mol. The van der Waals surface area contributed by atoms with Crippen LogP contribution in [0.5, 0.6) is 0 Å². The fourth-order valence-electron chi connectivity index (χ4n) is 1.71. The van der Waals surface area contributed by atoms with Gasteiger partial charge >= 0.3 is 0 Å². The van der Waals surface area contributed by atoms with Gasteiger partial charge in [-0.2, -0.15) is 0 Å². The van der Waals surface area contributed by atoms with E-state index < -0.39 is 0 Å². The first-order valence-electron chi connectivity index (χ1n) is 4.68. The number of imidazole rings is 1. The molecule has 14 heavy (non-hydrogen) atoms. The molecule has 0 spiro atoms. The first-order valence-corrected chi connectivity index (χ1v) is 4.68. The third-order valence-electron chi connectivity index (χ3n) is 2.53. The molecule has 76 valence electrons. The van der Waals surface area contributed by atoms with Crippen LogP contribution in [0.15, 0.2) is 6.20 Å². The topological polar surface area (TPSA) is 64.2 Å². The van der Waals surface area contributed by atoms with E-state index in [2.05, 4.69) is 9.88 Å². The second-order valence-electron chi connectivity index (χ2n) is 3.58. The summed E-state index contributed by atoms with van der Waals surface area (Å²) in [5, 5.41) is 0. The molecule has 2 N–H and O–H groups in total. The van der Waals surface area contributed by atoms with Gasteiger partial charge in [0.15, 0.2) is 5.78 Å². The Labute approximate surface area is 82.5 Å². The van der Waals surface area contributed by atoms with Crippen molar-refractivity contribution in [3.8, 4) is 0 Å². The van der Waals surface area contributed by atoms with Crippen molar-refractivity contribution in [2.24, 2.45) is 5.73 Å². The van der Waals surface area contributed by atoms with Crippen LogP contribution in [0.2, 0.25) is 0 Å². The molecule has 1 aromatic heterocycles. The van der Waals surface area contributed by atoms with Gasteiger partial charge in [-0.05, 0) is 7.05 Å². The lowest BCUT2D eigenvalue weighted by Gasteiger charge is -2.24. The number of nitrogens with two attached hydrogens (primary N) is 1. The van der Waals surface area contributed by atoms with Gasteiger partial charge in [-0.25, -0.2) is 4.98 Å². The summed E-state index contributed by atoms with van der Waals surface area (Å²) in [6, 6.07) is 0. The van der Waals surface area contributed by atoms with Gasteiger partial charge in [-0.15, -0.1) is 0 Å². The molecule has 0 saturated heterocycles. The minimum Gasteiger partial charge on any atom is -0.324 e. The number of carbonyl (C=O) groups is 1. The summed E-state index contributed by atoms with van der Waals surface area (Å²) in [5.41, 5.74) is 5.97. The molecule has 0 fully saturated rings. The SMILES string of the molecule is CN1CCn2c(C(=O)CN)cnc2C1. The Bertz CT molecular complexity index is 358. The Morgan fingerprint density at radius 3 is 3.14 bits per heavy atom. The number of hydrogen-bond donors (Lipinski definition) is 1. The Morgan fingerprint density at radius 2 is 2.43 bits per heavy atom. The van der Waals surface area contributed by atoms with E-state index in [1.165, 1.54) is 0 Å². The number of rotatable bonds is 2. The summed E-state index contributed by atoms with van der Waals surface area (Å²) in [6.07, 6.45) is 1.63. The van der Waals surface area contributed by atoms with Crippen molar-refractivity contribution in [1.82, 2.24) is 14.5 Å². The van der Waals surface area contributed by atoms with Gasteiger partial charge in [-0.1, -0.05) is 0 Å². The van der Waals surface area contributed by atoms with E-state index in [1.807, 2.05) is 11.6 Å². The zero-order valence-corrected chi connectivity index (χ0v) is 8.23. The smallest absolute Gasteiger partial charge is 0.194 e. The van der Waals surface area contributed by atoms with Crippen molar-refractivity contribution in [1.29, 1.82) is 0 Å². The van der Waals surface area contributed by atoms with Crippen LogP contribution < -0.4 is 5.73 Å². The fourth-order valence-corrected chi connectivity index (χ4v) is 1.71. The molecule has 1 aromatic rings. The van der Waals surface area contributed by atoms with E-state index in [4.69, 9.17) is 5.73 Å². The van der Waals surface area contributed by atoms with E-state index in [1.54, 1.807) is 6.20 Å². The molecule has 0 unspecified atom stereocenters. The van der Waals surface area contributed by atoms with Crippen molar-refractivity contribution in [2.45, 2.75) is 13.1 Å². The molecule has 0 aliphatic carbocycles. The van der Waals surface area contributed by atoms with Crippen LogP contribution in [0.4, 0.5) is 0 Å². The number of carbonyl (C=O) groups excluding carboxylic acids is 1. The molecule has 1 aliphatic heterocycles. The van der Waals surface area contributed by atoms with E-state index in [-0.39, 0.29) is 12.3 Å². The molecule has 0 aromatic carbocycles. The summed E-state index contributed by atoms with van der Waals surface area (Å²) in [4.78, 5) is 17.8. The molecule has 0 bridgehead atoms. The minimum absolute atomic E-state index is 0.0340. The Morgan fingerprint density at radius 1 is 1.64 bits per heavy atom. The summed E-state index contributed by atoms with van der Waals surface area (Å²) in [5.74, 6) is 0.920. The maximum Gasteiger partial charge on any atom is 0.194 e. The van der Waals surface area contributed by atoms with Crippen LogP contribution in [0, 0.1) is 0 Å². The number of Topliss-reactive ketones (excluding diaryl/α,β-unsaturated/α-hetero) is 1. The number of likely N-dealkylation sites (N-methyl/N-ethyl adjacent to an activating group) is 1. The molecule has 5 nitrogen and oxygen atoms in total. The van der Waals surface area contributed by atoms with Gasteiger partial charge in [0.05, 0.1) is 19.3 Å².